The molecular weight excluding hydrogens is 388 g/mol. The Kier molecular flexibility index (Phi) is 21.5. The zero-order valence-corrected chi connectivity index (χ0v) is 21.6. The predicted octanol–water partition coefficient (Wildman–Crippen LogP) is 8.35. The Bertz CT molecular complexity index is 625. The van der Waals surface area contributed by atoms with Crippen LogP contribution in [0.4, 0.5) is 0 Å². The molecule has 0 aliphatic heterocycles. The van der Waals surface area contributed by atoms with Crippen LogP contribution >= 0.6 is 0 Å². The molecule has 160 valence electrons. The van der Waals surface area contributed by atoms with Crippen LogP contribution in [-0.2, 0) is 21.8 Å². The fraction of sp³-hybridized carbons (Fsp3) is 0.333. The minimum absolute atomic E-state index is 0.203. The smallest absolute Gasteiger partial charge is 0.0683 e. The first-order valence-corrected chi connectivity index (χ1v) is 14.2. The molecule has 0 atom stereocenters. The Morgan fingerprint density at radius 1 is 0.379 bits per heavy atom. The van der Waals surface area contributed by atoms with E-state index in [1.165, 1.54) is 14.7 Å². The summed E-state index contributed by atoms with van der Waals surface area (Å²) in [6, 6.07) is 31.8. The molecule has 2 heteroatoms. The van der Waals surface area contributed by atoms with Gasteiger partial charge in [-0.05, 0) is 36.4 Å². The van der Waals surface area contributed by atoms with Crippen molar-refractivity contribution in [2.24, 2.45) is 0 Å². The Hall–Kier alpha value is -1.64. The van der Waals surface area contributed by atoms with E-state index in [1.807, 2.05) is 41.5 Å². The zero-order valence-electron chi connectivity index (χ0n) is 20.0. The van der Waals surface area contributed by atoms with Gasteiger partial charge in [-0.25, -0.2) is 0 Å². The van der Waals surface area contributed by atoms with E-state index in [1.54, 1.807) is 0 Å². The molecule has 0 saturated carbocycles. The van der Waals surface area contributed by atoms with Crippen molar-refractivity contribution in [3.63, 3.8) is 0 Å². The van der Waals surface area contributed by atoms with Gasteiger partial charge < -0.3 is 0 Å². The highest BCUT2D eigenvalue weighted by Crippen LogP contribution is 2.19. The maximum absolute atomic E-state index is 2.27. The summed E-state index contributed by atoms with van der Waals surface area (Å²) < 4.78 is 0. The van der Waals surface area contributed by atoms with Crippen LogP contribution in [-0.4, -0.2) is 18.8 Å². The van der Waals surface area contributed by atoms with Crippen LogP contribution in [0.1, 0.15) is 41.5 Å². The van der Waals surface area contributed by atoms with Gasteiger partial charge in [-0.1, -0.05) is 96.1 Å². The van der Waals surface area contributed by atoms with Gasteiger partial charge in [-0.2, -0.15) is 0 Å². The molecule has 0 radical (unpaired) electrons. The van der Waals surface area contributed by atoms with Gasteiger partial charge in [0, 0.05) is 10.9 Å². The first-order valence-electron chi connectivity index (χ1n) is 10.6. The van der Waals surface area contributed by atoms with E-state index in [0.29, 0.717) is 10.9 Å². The Morgan fingerprint density at radius 2 is 0.621 bits per heavy atom. The van der Waals surface area contributed by atoms with Crippen molar-refractivity contribution >= 4 is 21.8 Å². The average molecular weight is 431 g/mol. The standard InChI is InChI=1S/C13H13S.C8H11S.3C2H6/c1-14(12-8-4-2-5-9-12)13-10-6-3-7-11-13;1-9(2)8-6-4-3-5-7-8;3*1-2/h2-11H,1H3;3-7H,1-2H3;3*1-2H3/q2*+1;;;. The fourth-order valence-corrected chi connectivity index (χ4v) is 4.18. The molecule has 0 amide bonds. The normalized spacial score (nSPS) is 8.79. The molecule has 0 aliphatic rings. The molecule has 0 heterocycles. The summed E-state index contributed by atoms with van der Waals surface area (Å²) in [5.74, 6) is 0. The predicted molar refractivity (Wildman–Crippen MR) is 141 cm³/mol. The third-order valence-electron chi connectivity index (χ3n) is 3.41. The van der Waals surface area contributed by atoms with Crippen LogP contribution < -0.4 is 0 Å². The van der Waals surface area contributed by atoms with Gasteiger partial charge in [0.1, 0.15) is 18.8 Å². The van der Waals surface area contributed by atoms with Crippen molar-refractivity contribution < 1.29 is 0 Å². The second-order valence-electron chi connectivity index (χ2n) is 5.27. The van der Waals surface area contributed by atoms with Gasteiger partial charge in [0.15, 0.2) is 14.7 Å². The molecule has 0 fully saturated rings. The summed E-state index contributed by atoms with van der Waals surface area (Å²) in [7, 11) is 0.624. The van der Waals surface area contributed by atoms with Crippen LogP contribution in [0, 0.1) is 0 Å². The molecule has 0 nitrogen and oxygen atoms in total. The Balaban J connectivity index is 0. The Labute approximate surface area is 187 Å². The molecule has 0 unspecified atom stereocenters. The lowest BCUT2D eigenvalue weighted by atomic mass is 10.4. The first kappa shape index (κ1) is 29.6. The third kappa shape index (κ3) is 13.2. The number of hydrogen-bond acceptors (Lipinski definition) is 0. The maximum Gasteiger partial charge on any atom is 0.160 e. The number of hydrogen-bond donors (Lipinski definition) is 0. The summed E-state index contributed by atoms with van der Waals surface area (Å²) >= 11 is 0. The largest absolute Gasteiger partial charge is 0.160 e. The van der Waals surface area contributed by atoms with Crippen LogP contribution in [0.25, 0.3) is 0 Å². The molecular formula is C27H42S2+2. The van der Waals surface area contributed by atoms with Gasteiger partial charge in [-0.3, -0.25) is 0 Å². The van der Waals surface area contributed by atoms with Gasteiger partial charge in [0.05, 0.1) is 10.9 Å². The lowest BCUT2D eigenvalue weighted by Crippen LogP contribution is -1.99. The SMILES string of the molecule is CC.CC.CC.C[S+](C)c1ccccc1.C[S+](c1ccccc1)c1ccccc1. The molecule has 3 rings (SSSR count). The zero-order chi connectivity index (χ0) is 22.5. The molecule has 3 aromatic rings. The molecule has 0 N–H and O–H groups in total. The van der Waals surface area contributed by atoms with E-state index in [9.17, 15) is 0 Å². The van der Waals surface area contributed by atoms with Crippen molar-refractivity contribution in [1.29, 1.82) is 0 Å². The van der Waals surface area contributed by atoms with Crippen molar-refractivity contribution in [3.8, 4) is 0 Å². The monoisotopic (exact) mass is 430 g/mol. The van der Waals surface area contributed by atoms with E-state index < -0.39 is 0 Å². The van der Waals surface area contributed by atoms with Crippen LogP contribution in [0.3, 0.4) is 0 Å². The van der Waals surface area contributed by atoms with E-state index in [2.05, 4.69) is 110 Å². The minimum Gasteiger partial charge on any atom is -0.0683 e. The van der Waals surface area contributed by atoms with E-state index >= 15 is 0 Å². The number of rotatable bonds is 3. The van der Waals surface area contributed by atoms with E-state index in [4.69, 9.17) is 0 Å². The van der Waals surface area contributed by atoms with Gasteiger partial charge >= 0.3 is 0 Å². The highest BCUT2D eigenvalue weighted by atomic mass is 32.2. The van der Waals surface area contributed by atoms with Crippen molar-refractivity contribution in [2.75, 3.05) is 18.8 Å². The van der Waals surface area contributed by atoms with Crippen molar-refractivity contribution in [1.82, 2.24) is 0 Å². The molecule has 3 aromatic carbocycles. The second-order valence-corrected chi connectivity index (χ2v) is 9.33. The summed E-state index contributed by atoms with van der Waals surface area (Å²) in [6.45, 7) is 12.0. The topological polar surface area (TPSA) is 0 Å². The number of benzene rings is 3. The van der Waals surface area contributed by atoms with Crippen molar-refractivity contribution in [3.05, 3.63) is 91.0 Å². The van der Waals surface area contributed by atoms with E-state index in [0.717, 1.165) is 0 Å². The average Bonchev–Trinajstić information content (AvgIpc) is 2.84. The quantitative estimate of drug-likeness (QED) is 0.366. The molecule has 0 spiro atoms. The molecule has 0 bridgehead atoms. The summed E-state index contributed by atoms with van der Waals surface area (Å²) in [5, 5.41) is 0. The molecule has 29 heavy (non-hydrogen) atoms. The second kappa shape index (κ2) is 21.1. The first-order chi connectivity index (χ1) is 14.2. The van der Waals surface area contributed by atoms with Gasteiger partial charge in [0.25, 0.3) is 0 Å². The van der Waals surface area contributed by atoms with Crippen LogP contribution in [0.5, 0.6) is 0 Å². The van der Waals surface area contributed by atoms with Gasteiger partial charge in [-0.15, -0.1) is 0 Å². The lowest BCUT2D eigenvalue weighted by molar-refractivity contribution is 1.38. The molecule has 0 aliphatic carbocycles. The molecule has 0 aromatic heterocycles. The highest BCUT2D eigenvalue weighted by Gasteiger charge is 2.17. The summed E-state index contributed by atoms with van der Waals surface area (Å²) in [6.07, 6.45) is 6.73. The van der Waals surface area contributed by atoms with E-state index in [-0.39, 0.29) is 10.9 Å². The minimum atomic E-state index is 0.203. The summed E-state index contributed by atoms with van der Waals surface area (Å²) in [5.41, 5.74) is 0. The highest BCUT2D eigenvalue weighted by molar-refractivity contribution is 7.96. The molecule has 0 saturated heterocycles. The Morgan fingerprint density at radius 3 is 0.828 bits per heavy atom. The van der Waals surface area contributed by atoms with Crippen LogP contribution in [0.2, 0.25) is 0 Å². The van der Waals surface area contributed by atoms with Gasteiger partial charge in [0.2, 0.25) is 0 Å². The maximum atomic E-state index is 2.27. The fourth-order valence-electron chi connectivity index (χ4n) is 2.08. The van der Waals surface area contributed by atoms with Crippen molar-refractivity contribution in [2.45, 2.75) is 56.2 Å². The third-order valence-corrected chi connectivity index (χ3v) is 6.58. The lowest BCUT2D eigenvalue weighted by Gasteiger charge is -2.00. The summed E-state index contributed by atoms with van der Waals surface area (Å²) in [4.78, 5) is 4.25. The van der Waals surface area contributed by atoms with Crippen LogP contribution in [0.15, 0.2) is 106 Å².